The number of para-hydroxylation sites is 2. The second-order valence-corrected chi connectivity index (χ2v) is 25.7. The SMILES string of the molecule is C=C(C)C(=O)NCCCN(Cc1ccccc1B(O)O)Cc1c2ccccc2c(CN(CCCNC(=O)C(C)C)Cc2ccccc2BO)c2cc(-c3ccc(C(=C\C=C4/N(C)c5ccccc5C4(C)C)/C=C/C4=[N+](C)c5ccccc5C4(C)C)cc3)ccc12. The topological polar surface area (TPSA) is 132 Å². The Morgan fingerprint density at radius 1 is 0.678 bits per heavy atom. The van der Waals surface area contributed by atoms with Crippen LogP contribution >= 0.6 is 0 Å². The zero-order chi connectivity index (χ0) is 63.9. The summed E-state index contributed by atoms with van der Waals surface area (Å²) < 4.78 is 2.32. The molecule has 11 nitrogen and oxygen atoms in total. The molecule has 0 unspecified atom stereocenters. The van der Waals surface area contributed by atoms with Gasteiger partial charge in [-0.15, -0.1) is 0 Å². The Morgan fingerprint density at radius 2 is 1.24 bits per heavy atom. The lowest BCUT2D eigenvalue weighted by atomic mass is 9.77. The maximum absolute atomic E-state index is 12.8. The van der Waals surface area contributed by atoms with Gasteiger partial charge in [-0.3, -0.25) is 19.4 Å². The molecule has 8 aromatic rings. The van der Waals surface area contributed by atoms with Gasteiger partial charge in [-0.25, -0.2) is 0 Å². The van der Waals surface area contributed by atoms with Crippen LogP contribution in [0.2, 0.25) is 0 Å². The first-order valence-corrected chi connectivity index (χ1v) is 31.8. The molecule has 8 aromatic carbocycles. The van der Waals surface area contributed by atoms with E-state index in [1.54, 1.807) is 13.0 Å². The highest BCUT2D eigenvalue weighted by molar-refractivity contribution is 6.59. The average Bonchev–Trinajstić information content (AvgIpc) is 1.11. The fourth-order valence-corrected chi connectivity index (χ4v) is 13.4. The Balaban J connectivity index is 1.10. The predicted octanol–water partition coefficient (Wildman–Crippen LogP) is 11.5. The summed E-state index contributed by atoms with van der Waals surface area (Å²) >= 11 is 0. The Kier molecular flexibility index (Phi) is 20.2. The molecule has 5 N–H and O–H groups in total. The monoisotopic (exact) mass is 1200 g/mol. The van der Waals surface area contributed by atoms with Gasteiger partial charge in [0.25, 0.3) is 0 Å². The van der Waals surface area contributed by atoms with Crippen LogP contribution in [0.3, 0.4) is 0 Å². The molecule has 0 fully saturated rings. The van der Waals surface area contributed by atoms with Crippen LogP contribution in [0.1, 0.15) is 100 Å². The van der Waals surface area contributed by atoms with Crippen molar-refractivity contribution in [2.45, 2.75) is 98.3 Å². The van der Waals surface area contributed by atoms with Crippen molar-refractivity contribution in [2.24, 2.45) is 5.92 Å². The standard InChI is InChI=1S/C77H86B2N6O5/c1-52(2)74(86)80-43-21-45-84(48-58-23-11-17-29-68(58)78-88)51-65-61-26-14-13-25-60(61)64(50-85(46-22-44-81-75(87)53(3)4)49-59-24-12-18-30-69(59)79(89)90)62-40-37-57(47-63(62)65)56-35-33-54(34-36-56)55(38-41-72-76(5,6)66-27-15-19-31-70(66)82(72)9)39-42-73-77(7,8)67-28-16-20-32-71(67)83(73)10/h11-20,23-42,47,52,78,88-90H,3,21-22,43-46,48-51H2,1-2,4-10H3,(H-,80,81,86,87)/p+1. The average molecular weight is 1200 g/mol. The third kappa shape index (κ3) is 14.0. The van der Waals surface area contributed by atoms with E-state index < -0.39 is 7.12 Å². The van der Waals surface area contributed by atoms with Gasteiger partial charge in [-0.2, -0.15) is 4.58 Å². The summed E-state index contributed by atoms with van der Waals surface area (Å²) in [6.45, 7) is 23.0. The van der Waals surface area contributed by atoms with E-state index in [-0.39, 0.29) is 36.0 Å². The van der Waals surface area contributed by atoms with Gasteiger partial charge >= 0.3 is 14.6 Å². The molecule has 0 atom stereocenters. The summed E-state index contributed by atoms with van der Waals surface area (Å²) in [7, 11) is 2.62. The van der Waals surface area contributed by atoms with Crippen molar-refractivity contribution in [2.75, 3.05) is 45.2 Å². The highest BCUT2D eigenvalue weighted by Crippen LogP contribution is 2.47. The number of amides is 2. The molecule has 0 spiro atoms. The number of hydrogen-bond acceptors (Lipinski definition) is 8. The molecule has 0 saturated carbocycles. The van der Waals surface area contributed by atoms with Crippen LogP contribution in [0.25, 0.3) is 38.2 Å². The zero-order valence-corrected chi connectivity index (χ0v) is 54.0. The fraction of sp³-hybridized carbons (Fsp3) is 0.286. The van der Waals surface area contributed by atoms with E-state index in [2.05, 4.69) is 224 Å². The number of anilines is 1. The van der Waals surface area contributed by atoms with Gasteiger partial charge in [0.05, 0.1) is 5.41 Å². The summed E-state index contributed by atoms with van der Waals surface area (Å²) in [4.78, 5) is 32.6. The van der Waals surface area contributed by atoms with Crippen LogP contribution in [0.4, 0.5) is 11.4 Å². The largest absolute Gasteiger partial charge is 0.488 e. The van der Waals surface area contributed by atoms with E-state index >= 15 is 0 Å². The Labute approximate surface area is 533 Å². The highest BCUT2D eigenvalue weighted by atomic mass is 16.4. The van der Waals surface area contributed by atoms with E-state index in [4.69, 9.17) is 0 Å². The molecule has 0 aromatic heterocycles. The van der Waals surface area contributed by atoms with E-state index in [1.165, 1.54) is 39.5 Å². The lowest BCUT2D eigenvalue weighted by Crippen LogP contribution is -2.36. The Hall–Kier alpha value is -8.42. The molecular weight excluding hydrogens is 1110 g/mol. The van der Waals surface area contributed by atoms with Crippen molar-refractivity contribution in [1.82, 2.24) is 20.4 Å². The van der Waals surface area contributed by atoms with Crippen LogP contribution in [0.5, 0.6) is 0 Å². The quantitative estimate of drug-likeness (QED) is 0.00955. The molecule has 2 heterocycles. The fourth-order valence-electron chi connectivity index (χ4n) is 13.4. The number of rotatable bonds is 25. The second-order valence-electron chi connectivity index (χ2n) is 25.7. The van der Waals surface area contributed by atoms with Gasteiger partial charge in [-0.05, 0) is 140 Å². The van der Waals surface area contributed by atoms with Crippen LogP contribution in [-0.4, -0.2) is 102 Å². The summed E-state index contributed by atoms with van der Waals surface area (Å²) in [6.07, 6.45) is 10.5. The molecule has 0 radical (unpaired) electrons. The normalized spacial score (nSPS) is 14.8. The predicted molar refractivity (Wildman–Crippen MR) is 375 cm³/mol. The number of allylic oxidation sites excluding steroid dienone is 6. The number of benzene rings is 8. The van der Waals surface area contributed by atoms with E-state index in [0.717, 1.165) is 72.4 Å². The van der Waals surface area contributed by atoms with Crippen molar-refractivity contribution < 1.29 is 29.2 Å². The van der Waals surface area contributed by atoms with Crippen molar-refractivity contribution in [3.63, 3.8) is 0 Å². The minimum Gasteiger partial charge on any atom is -0.449 e. The smallest absolute Gasteiger partial charge is 0.449 e. The molecule has 2 aliphatic heterocycles. The van der Waals surface area contributed by atoms with Crippen LogP contribution in [0.15, 0.2) is 206 Å². The molecule has 2 aliphatic rings. The summed E-state index contributed by atoms with van der Waals surface area (Å²) in [5.41, 5.74) is 17.4. The number of likely N-dealkylation sites (N-methyl/N-ethyl adjacent to an activating group) is 1. The highest BCUT2D eigenvalue weighted by Gasteiger charge is 2.43. The molecule has 0 aliphatic carbocycles. The molecule has 460 valence electrons. The number of nitrogens with zero attached hydrogens (tertiary/aromatic N) is 4. The minimum absolute atomic E-state index is 0.0293. The van der Waals surface area contributed by atoms with Gasteiger partial charge in [-0.1, -0.05) is 186 Å². The van der Waals surface area contributed by atoms with Gasteiger partial charge in [0.1, 0.15) is 7.05 Å². The number of nitrogens with one attached hydrogen (secondary N) is 2. The number of fused-ring (bicyclic) bond motifs is 4. The van der Waals surface area contributed by atoms with E-state index in [1.807, 2.05) is 50.2 Å². The second kappa shape index (κ2) is 28.2. The minimum atomic E-state index is -1.64. The molecular formula is C77H87B2N6O5+. The molecule has 0 saturated heterocycles. The first-order chi connectivity index (χ1) is 43.3. The molecule has 90 heavy (non-hydrogen) atoms. The number of carbonyl (C=O) groups is 2. The lowest BCUT2D eigenvalue weighted by Gasteiger charge is -2.28. The van der Waals surface area contributed by atoms with Gasteiger partial charge in [0.15, 0.2) is 5.71 Å². The van der Waals surface area contributed by atoms with E-state index in [0.29, 0.717) is 69.8 Å². The maximum atomic E-state index is 12.8. The zero-order valence-electron chi connectivity index (χ0n) is 54.0. The molecule has 10 rings (SSSR count). The van der Waals surface area contributed by atoms with Crippen LogP contribution in [0, 0.1) is 5.92 Å². The van der Waals surface area contributed by atoms with Gasteiger partial charge in [0, 0.05) is 105 Å². The van der Waals surface area contributed by atoms with Crippen LogP contribution < -0.4 is 26.5 Å². The number of hydrogen-bond donors (Lipinski definition) is 5. The van der Waals surface area contributed by atoms with Crippen molar-refractivity contribution in [3.8, 4) is 11.1 Å². The molecule has 2 amide bonds. The lowest BCUT2D eigenvalue weighted by molar-refractivity contribution is -0.401. The third-order valence-corrected chi connectivity index (χ3v) is 18.5. The Morgan fingerprint density at radius 3 is 1.89 bits per heavy atom. The third-order valence-electron chi connectivity index (χ3n) is 18.5. The first-order valence-electron chi connectivity index (χ1n) is 31.8. The molecule has 0 bridgehead atoms. The van der Waals surface area contributed by atoms with Crippen LogP contribution in [-0.2, 0) is 46.6 Å². The summed E-state index contributed by atoms with van der Waals surface area (Å²) in [5.74, 6) is -0.271. The summed E-state index contributed by atoms with van der Waals surface area (Å²) in [5, 5.41) is 42.4. The van der Waals surface area contributed by atoms with Gasteiger partial charge in [0.2, 0.25) is 17.5 Å². The van der Waals surface area contributed by atoms with Crippen molar-refractivity contribution >= 4 is 81.5 Å². The maximum Gasteiger partial charge on any atom is 0.488 e. The van der Waals surface area contributed by atoms with Crippen molar-refractivity contribution in [3.05, 3.63) is 245 Å². The molecule has 13 heteroatoms. The Bertz CT molecular complexity index is 4110. The summed E-state index contributed by atoms with van der Waals surface area (Å²) in [6, 6.07) is 57.4. The number of carbonyl (C=O) groups excluding carboxylic acids is 2. The van der Waals surface area contributed by atoms with E-state index in [9.17, 15) is 24.7 Å². The first kappa shape index (κ1) is 64.6. The van der Waals surface area contributed by atoms with Crippen molar-refractivity contribution in [1.29, 1.82) is 0 Å². The van der Waals surface area contributed by atoms with Gasteiger partial charge < -0.3 is 30.6 Å².